The number of amides is 4. The van der Waals surface area contributed by atoms with Crippen molar-refractivity contribution in [3.05, 3.63) is 57.6 Å². The number of nitrogens with two attached hydrogens (primary N) is 1. The Morgan fingerprint density at radius 1 is 0.685 bits per heavy atom. The molecular formula is C38H56N6O10. The number of anilines is 1. The minimum atomic E-state index is -0.551. The van der Waals surface area contributed by atoms with Gasteiger partial charge in [-0.2, -0.15) is 0 Å². The second-order valence-electron chi connectivity index (χ2n) is 15.7. The van der Waals surface area contributed by atoms with E-state index in [-0.39, 0.29) is 47.5 Å². The van der Waals surface area contributed by atoms with Gasteiger partial charge in [0.1, 0.15) is 34.9 Å². The summed E-state index contributed by atoms with van der Waals surface area (Å²) in [6, 6.07) is 9.08. The van der Waals surface area contributed by atoms with Gasteiger partial charge >= 0.3 is 12.2 Å². The second kappa shape index (κ2) is 18.2. The Morgan fingerprint density at radius 3 is 1.41 bits per heavy atom. The van der Waals surface area contributed by atoms with Crippen LogP contribution in [0.1, 0.15) is 87.9 Å². The smallest absolute Gasteiger partial charge is 0.410 e. The highest BCUT2D eigenvalue weighted by Crippen LogP contribution is 2.29. The van der Waals surface area contributed by atoms with Crippen LogP contribution in [0.25, 0.3) is 0 Å². The van der Waals surface area contributed by atoms with Crippen LogP contribution in [0.3, 0.4) is 0 Å². The van der Waals surface area contributed by atoms with Crippen molar-refractivity contribution in [3.63, 3.8) is 0 Å². The molecule has 16 heteroatoms. The Bertz CT molecular complexity index is 1650. The lowest BCUT2D eigenvalue weighted by Crippen LogP contribution is -2.44. The molecule has 2 aliphatic rings. The van der Waals surface area contributed by atoms with Crippen molar-refractivity contribution in [2.75, 3.05) is 60.1 Å². The number of nitro groups is 1. The van der Waals surface area contributed by atoms with Crippen LogP contribution in [0.5, 0.6) is 11.5 Å². The number of carbonyl (C=O) groups is 4. The van der Waals surface area contributed by atoms with Crippen molar-refractivity contribution in [1.82, 2.24) is 19.6 Å². The zero-order valence-corrected chi connectivity index (χ0v) is 33.2. The average molecular weight is 757 g/mol. The van der Waals surface area contributed by atoms with Crippen molar-refractivity contribution in [1.29, 1.82) is 0 Å². The fraction of sp³-hybridized carbons (Fsp3) is 0.579. The molecule has 54 heavy (non-hydrogen) atoms. The largest absolute Gasteiger partial charge is 0.489 e. The van der Waals surface area contributed by atoms with Gasteiger partial charge in [0.2, 0.25) is 0 Å². The molecule has 0 aromatic heterocycles. The van der Waals surface area contributed by atoms with E-state index in [1.165, 1.54) is 28.0 Å². The molecule has 4 rings (SSSR count). The van der Waals surface area contributed by atoms with Crippen LogP contribution in [0.4, 0.5) is 21.0 Å². The molecule has 2 N–H and O–H groups in total. The lowest BCUT2D eigenvalue weighted by Gasteiger charge is -2.33. The highest BCUT2D eigenvalue weighted by molar-refractivity contribution is 5.98. The Morgan fingerprint density at radius 2 is 1.06 bits per heavy atom. The number of piperidine rings is 2. The number of nitrogens with zero attached hydrogens (tertiary/aromatic N) is 5. The standard InChI is InChI=1S/C19H27N3O6.C19H29N3O4/c1-19(2,3)28-18(24)21-10-8-14(9-11-21)27-16-7-6-13(22(25)26)12-15(16)17(23)20(4)5;1-19(2,3)26-18(24)22-10-8-14(9-11-22)25-16-7-6-13(20)12-15(16)17(23)21(4)5/h6-7,12,14H,8-11H2,1-5H3;6-7,12,14H,8-11,20H2,1-5H3. The first kappa shape index (κ1) is 43.1. The molecule has 2 aromatic rings. The number of non-ortho nitro benzene ring substituents is 1. The number of rotatable bonds is 7. The topological polar surface area (TPSA) is 187 Å². The van der Waals surface area contributed by atoms with E-state index in [2.05, 4.69) is 0 Å². The minimum absolute atomic E-state index is 0.0639. The van der Waals surface area contributed by atoms with Crippen LogP contribution in [-0.4, -0.2) is 126 Å². The van der Waals surface area contributed by atoms with E-state index in [1.807, 2.05) is 41.5 Å². The lowest BCUT2D eigenvalue weighted by atomic mass is 10.1. The molecule has 0 saturated carbocycles. The van der Waals surface area contributed by atoms with E-state index in [0.717, 1.165) is 0 Å². The number of likely N-dealkylation sites (tertiary alicyclic amines) is 2. The van der Waals surface area contributed by atoms with Gasteiger partial charge in [-0.15, -0.1) is 0 Å². The van der Waals surface area contributed by atoms with Crippen LogP contribution in [0.15, 0.2) is 36.4 Å². The van der Waals surface area contributed by atoms with Gasteiger partial charge in [-0.05, 0) is 65.8 Å². The first-order valence-electron chi connectivity index (χ1n) is 17.9. The summed E-state index contributed by atoms with van der Waals surface area (Å²) in [4.78, 5) is 65.7. The molecule has 0 radical (unpaired) electrons. The lowest BCUT2D eigenvalue weighted by molar-refractivity contribution is -0.384. The SMILES string of the molecule is CN(C)C(=O)c1cc(N)ccc1OC1CCN(C(=O)OC(C)(C)C)CC1.CN(C)C(=O)c1cc([N+](=O)[O-])ccc1OC1CCN(C(=O)OC(C)(C)C)CC1. The molecule has 0 aliphatic carbocycles. The summed E-state index contributed by atoms with van der Waals surface area (Å²) in [5.41, 5.74) is 5.70. The average Bonchev–Trinajstić information content (AvgIpc) is 3.07. The third-order valence-corrected chi connectivity index (χ3v) is 8.23. The summed E-state index contributed by atoms with van der Waals surface area (Å²) >= 11 is 0. The first-order valence-corrected chi connectivity index (χ1v) is 17.9. The predicted octanol–water partition coefficient (Wildman–Crippen LogP) is 5.82. The van der Waals surface area contributed by atoms with E-state index < -0.39 is 16.1 Å². The van der Waals surface area contributed by atoms with Gasteiger partial charge in [-0.1, -0.05) is 0 Å². The summed E-state index contributed by atoms with van der Waals surface area (Å²) in [6.45, 7) is 13.1. The number of nitrogen functional groups attached to an aromatic ring is 1. The zero-order chi connectivity index (χ0) is 40.5. The van der Waals surface area contributed by atoms with Gasteiger partial charge in [-0.25, -0.2) is 9.59 Å². The Hall–Kier alpha value is -5.28. The summed E-state index contributed by atoms with van der Waals surface area (Å²) in [7, 11) is 6.53. The molecule has 2 aliphatic heterocycles. The number of hydrogen-bond acceptors (Lipinski definition) is 11. The van der Waals surface area contributed by atoms with Gasteiger partial charge in [-0.3, -0.25) is 19.7 Å². The zero-order valence-electron chi connectivity index (χ0n) is 33.2. The number of nitro benzene ring substituents is 1. The molecule has 0 atom stereocenters. The van der Waals surface area contributed by atoms with E-state index in [1.54, 1.807) is 56.2 Å². The fourth-order valence-corrected chi connectivity index (χ4v) is 5.53. The predicted molar refractivity (Wildman–Crippen MR) is 203 cm³/mol. The molecular weight excluding hydrogens is 700 g/mol. The van der Waals surface area contributed by atoms with Gasteiger partial charge in [0, 0.05) is 97.9 Å². The van der Waals surface area contributed by atoms with Gasteiger partial charge in [0.05, 0.1) is 16.1 Å². The molecule has 4 amide bonds. The monoisotopic (exact) mass is 756 g/mol. The Kier molecular flexibility index (Phi) is 14.5. The Labute approximate surface area is 317 Å². The molecule has 0 spiro atoms. The van der Waals surface area contributed by atoms with Crippen LogP contribution < -0.4 is 15.2 Å². The maximum atomic E-state index is 12.4. The maximum absolute atomic E-state index is 12.4. The molecule has 16 nitrogen and oxygen atoms in total. The van der Waals surface area contributed by atoms with Gasteiger partial charge in [0.15, 0.2) is 0 Å². The molecule has 2 heterocycles. The van der Waals surface area contributed by atoms with E-state index in [0.29, 0.717) is 74.6 Å². The second-order valence-corrected chi connectivity index (χ2v) is 15.7. The summed E-state index contributed by atoms with van der Waals surface area (Å²) < 4.78 is 22.8. The van der Waals surface area contributed by atoms with Crippen molar-refractivity contribution in [2.45, 2.75) is 90.6 Å². The quantitative estimate of drug-likeness (QED) is 0.204. The van der Waals surface area contributed by atoms with Crippen molar-refractivity contribution in [3.8, 4) is 11.5 Å². The molecule has 0 bridgehead atoms. The van der Waals surface area contributed by atoms with Crippen LogP contribution in [-0.2, 0) is 9.47 Å². The van der Waals surface area contributed by atoms with Crippen molar-refractivity contribution < 1.29 is 43.0 Å². The normalized spacial score (nSPS) is 15.3. The highest BCUT2D eigenvalue weighted by Gasteiger charge is 2.30. The van der Waals surface area contributed by atoms with Crippen LogP contribution in [0.2, 0.25) is 0 Å². The maximum Gasteiger partial charge on any atom is 0.410 e. The molecule has 298 valence electrons. The van der Waals surface area contributed by atoms with E-state index in [4.69, 9.17) is 24.7 Å². The van der Waals surface area contributed by atoms with Gasteiger partial charge in [0.25, 0.3) is 17.5 Å². The molecule has 2 aromatic carbocycles. The molecule has 2 fully saturated rings. The van der Waals surface area contributed by atoms with E-state index in [9.17, 15) is 29.3 Å². The fourth-order valence-electron chi connectivity index (χ4n) is 5.53. The van der Waals surface area contributed by atoms with E-state index >= 15 is 0 Å². The van der Waals surface area contributed by atoms with Crippen molar-refractivity contribution in [2.24, 2.45) is 0 Å². The number of benzene rings is 2. The number of carbonyl (C=O) groups excluding carboxylic acids is 4. The summed E-state index contributed by atoms with van der Waals surface area (Å²) in [5, 5.41) is 11.0. The number of hydrogen-bond donors (Lipinski definition) is 1. The van der Waals surface area contributed by atoms with Crippen LogP contribution in [0, 0.1) is 10.1 Å². The van der Waals surface area contributed by atoms with Gasteiger partial charge < -0.3 is 44.3 Å². The third kappa shape index (κ3) is 13.0. The Balaban J connectivity index is 0.000000291. The third-order valence-electron chi connectivity index (χ3n) is 8.23. The highest BCUT2D eigenvalue weighted by atomic mass is 16.6. The first-order chi connectivity index (χ1) is 25.0. The number of ether oxygens (including phenoxy) is 4. The van der Waals surface area contributed by atoms with Crippen LogP contribution >= 0.6 is 0 Å². The minimum Gasteiger partial charge on any atom is -0.489 e. The van der Waals surface area contributed by atoms with Crippen molar-refractivity contribution >= 4 is 35.4 Å². The molecule has 2 saturated heterocycles. The summed E-state index contributed by atoms with van der Waals surface area (Å²) in [6.07, 6.45) is 1.59. The molecule has 0 unspecified atom stereocenters. The summed E-state index contributed by atoms with van der Waals surface area (Å²) in [5.74, 6) is 0.303.